The number of para-hydroxylation sites is 1. The number of ether oxygens (including phenoxy) is 1. The maximum atomic E-state index is 8.98. The summed E-state index contributed by atoms with van der Waals surface area (Å²) in [6, 6.07) is 7.44. The summed E-state index contributed by atoms with van der Waals surface area (Å²) in [7, 11) is 0. The van der Waals surface area contributed by atoms with E-state index in [-0.39, 0.29) is 6.61 Å². The second-order valence-electron chi connectivity index (χ2n) is 3.01. The van der Waals surface area contributed by atoms with Crippen LogP contribution in [0.25, 0.3) is 0 Å². The Morgan fingerprint density at radius 2 is 2.15 bits per heavy atom. The first-order valence-corrected chi connectivity index (χ1v) is 4.20. The summed E-state index contributed by atoms with van der Waals surface area (Å²) in [5.41, 5.74) is 1.77. The van der Waals surface area contributed by atoms with Crippen molar-refractivity contribution in [3.8, 4) is 5.75 Å². The lowest BCUT2D eigenvalue weighted by Gasteiger charge is -2.08. The Kier molecular flexibility index (Phi) is 3.53. The highest BCUT2D eigenvalue weighted by atomic mass is 16.5. The molecule has 0 aliphatic heterocycles. The zero-order valence-electron chi connectivity index (χ0n) is 7.79. The van der Waals surface area contributed by atoms with E-state index in [0.29, 0.717) is 6.61 Å². The van der Waals surface area contributed by atoms with E-state index in [2.05, 4.69) is 6.58 Å². The van der Waals surface area contributed by atoms with Gasteiger partial charge >= 0.3 is 0 Å². The number of benzene rings is 1. The highest BCUT2D eigenvalue weighted by molar-refractivity contribution is 5.32. The number of hydrogen-bond donors (Lipinski definition) is 1. The molecule has 1 aromatic carbocycles. The molecule has 0 unspecified atom stereocenters. The highest BCUT2D eigenvalue weighted by Gasteiger charge is 2.00. The topological polar surface area (TPSA) is 29.5 Å². The molecule has 1 rings (SSSR count). The molecule has 0 radical (unpaired) electrons. The monoisotopic (exact) mass is 178 g/mol. The van der Waals surface area contributed by atoms with E-state index in [1.807, 2.05) is 31.2 Å². The molecule has 1 N–H and O–H groups in total. The molecular weight excluding hydrogens is 164 g/mol. The molecule has 0 fully saturated rings. The van der Waals surface area contributed by atoms with Gasteiger partial charge in [-0.2, -0.15) is 0 Å². The third-order valence-electron chi connectivity index (χ3n) is 1.62. The predicted octanol–water partition coefficient (Wildman–Crippen LogP) is 2.13. The van der Waals surface area contributed by atoms with Crippen molar-refractivity contribution in [2.24, 2.45) is 0 Å². The van der Waals surface area contributed by atoms with Crippen molar-refractivity contribution >= 4 is 0 Å². The van der Waals surface area contributed by atoms with Crippen molar-refractivity contribution in [3.05, 3.63) is 42.0 Å². The van der Waals surface area contributed by atoms with Gasteiger partial charge in [0.15, 0.2) is 0 Å². The largest absolute Gasteiger partial charge is 0.489 e. The Labute approximate surface area is 78.5 Å². The van der Waals surface area contributed by atoms with E-state index in [1.165, 1.54) is 0 Å². The summed E-state index contributed by atoms with van der Waals surface area (Å²) in [6.45, 7) is 6.15. The van der Waals surface area contributed by atoms with Crippen molar-refractivity contribution in [1.29, 1.82) is 0 Å². The van der Waals surface area contributed by atoms with Crippen LogP contribution in [0.2, 0.25) is 0 Å². The third-order valence-corrected chi connectivity index (χ3v) is 1.62. The van der Waals surface area contributed by atoms with Crippen LogP contribution in [0.15, 0.2) is 36.4 Å². The summed E-state index contributed by atoms with van der Waals surface area (Å²) in [6.07, 6.45) is 0. The maximum Gasteiger partial charge on any atom is 0.125 e. The fourth-order valence-electron chi connectivity index (χ4n) is 0.976. The Morgan fingerprint density at radius 3 is 2.77 bits per heavy atom. The molecule has 0 bridgehead atoms. The van der Waals surface area contributed by atoms with E-state index >= 15 is 0 Å². The lowest BCUT2D eigenvalue weighted by molar-refractivity contribution is 0.269. The molecule has 0 atom stereocenters. The van der Waals surface area contributed by atoms with Gasteiger partial charge in [-0.05, 0) is 18.6 Å². The molecule has 0 spiro atoms. The van der Waals surface area contributed by atoms with Crippen molar-refractivity contribution in [1.82, 2.24) is 0 Å². The minimum absolute atomic E-state index is 0.00631. The molecule has 0 aliphatic carbocycles. The van der Waals surface area contributed by atoms with Crippen LogP contribution in [0.4, 0.5) is 0 Å². The van der Waals surface area contributed by atoms with Crippen LogP contribution in [0.1, 0.15) is 12.5 Å². The Morgan fingerprint density at radius 1 is 1.46 bits per heavy atom. The van der Waals surface area contributed by atoms with Gasteiger partial charge in [-0.1, -0.05) is 24.8 Å². The lowest BCUT2D eigenvalue weighted by Crippen LogP contribution is -2.00. The smallest absolute Gasteiger partial charge is 0.125 e. The van der Waals surface area contributed by atoms with Gasteiger partial charge in [0.05, 0.1) is 6.61 Å². The van der Waals surface area contributed by atoms with Gasteiger partial charge in [0.1, 0.15) is 12.4 Å². The molecule has 0 saturated heterocycles. The van der Waals surface area contributed by atoms with Crippen molar-refractivity contribution < 1.29 is 9.84 Å². The Bertz CT molecular complexity index is 292. The highest BCUT2D eigenvalue weighted by Crippen LogP contribution is 2.17. The van der Waals surface area contributed by atoms with Crippen LogP contribution in [0.3, 0.4) is 0 Å². The molecule has 0 amide bonds. The minimum atomic E-state index is 0.00631. The second kappa shape index (κ2) is 4.67. The summed E-state index contributed by atoms with van der Waals surface area (Å²) >= 11 is 0. The van der Waals surface area contributed by atoms with E-state index in [9.17, 15) is 0 Å². The number of rotatable bonds is 4. The third kappa shape index (κ3) is 2.92. The predicted molar refractivity (Wildman–Crippen MR) is 52.7 cm³/mol. The summed E-state index contributed by atoms with van der Waals surface area (Å²) in [5.74, 6) is 0.730. The van der Waals surface area contributed by atoms with Crippen LogP contribution < -0.4 is 4.74 Å². The lowest BCUT2D eigenvalue weighted by atomic mass is 10.2. The van der Waals surface area contributed by atoms with Gasteiger partial charge in [0.25, 0.3) is 0 Å². The van der Waals surface area contributed by atoms with Crippen LogP contribution >= 0.6 is 0 Å². The van der Waals surface area contributed by atoms with Gasteiger partial charge < -0.3 is 9.84 Å². The molecule has 0 aliphatic rings. The van der Waals surface area contributed by atoms with Gasteiger partial charge in [0, 0.05) is 5.56 Å². The number of hydrogen-bond acceptors (Lipinski definition) is 2. The quantitative estimate of drug-likeness (QED) is 0.716. The summed E-state index contributed by atoms with van der Waals surface area (Å²) in [4.78, 5) is 0. The fraction of sp³-hybridized carbons (Fsp3) is 0.273. The first kappa shape index (κ1) is 9.81. The molecule has 70 valence electrons. The second-order valence-corrected chi connectivity index (χ2v) is 3.01. The van der Waals surface area contributed by atoms with Gasteiger partial charge in [-0.25, -0.2) is 0 Å². The van der Waals surface area contributed by atoms with Crippen LogP contribution in [0, 0.1) is 0 Å². The van der Waals surface area contributed by atoms with E-state index in [1.54, 1.807) is 0 Å². The first-order chi connectivity index (χ1) is 6.24. The zero-order chi connectivity index (χ0) is 9.68. The standard InChI is InChI=1S/C11H14O2/c1-9(2)8-13-11-6-4-3-5-10(11)7-12/h3-6,12H,1,7-8H2,2H3. The normalized spacial score (nSPS) is 9.69. The van der Waals surface area contributed by atoms with Crippen molar-refractivity contribution in [3.63, 3.8) is 0 Å². The molecule has 13 heavy (non-hydrogen) atoms. The summed E-state index contributed by atoms with van der Waals surface area (Å²) < 4.78 is 5.43. The molecule has 0 heterocycles. The van der Waals surface area contributed by atoms with Crippen LogP contribution in [0.5, 0.6) is 5.75 Å². The molecule has 0 saturated carbocycles. The van der Waals surface area contributed by atoms with Crippen LogP contribution in [-0.4, -0.2) is 11.7 Å². The van der Waals surface area contributed by atoms with E-state index in [0.717, 1.165) is 16.9 Å². The van der Waals surface area contributed by atoms with E-state index in [4.69, 9.17) is 9.84 Å². The molecular formula is C11H14O2. The number of aliphatic hydroxyl groups excluding tert-OH is 1. The zero-order valence-corrected chi connectivity index (χ0v) is 7.79. The minimum Gasteiger partial charge on any atom is -0.489 e. The van der Waals surface area contributed by atoms with E-state index < -0.39 is 0 Å². The van der Waals surface area contributed by atoms with Crippen molar-refractivity contribution in [2.45, 2.75) is 13.5 Å². The molecule has 0 aromatic heterocycles. The van der Waals surface area contributed by atoms with Crippen molar-refractivity contribution in [2.75, 3.05) is 6.61 Å². The maximum absolute atomic E-state index is 8.98. The Hall–Kier alpha value is -1.28. The molecule has 2 heteroatoms. The van der Waals surface area contributed by atoms with Gasteiger partial charge in [0.2, 0.25) is 0 Å². The molecule has 2 nitrogen and oxygen atoms in total. The molecule has 1 aromatic rings. The Balaban J connectivity index is 2.69. The number of aliphatic hydroxyl groups is 1. The first-order valence-electron chi connectivity index (χ1n) is 4.20. The average Bonchev–Trinajstić information content (AvgIpc) is 2.15. The fourth-order valence-corrected chi connectivity index (χ4v) is 0.976. The SMILES string of the molecule is C=C(C)COc1ccccc1CO. The average molecular weight is 178 g/mol. The van der Waals surface area contributed by atoms with Gasteiger partial charge in [-0.3, -0.25) is 0 Å². The van der Waals surface area contributed by atoms with Gasteiger partial charge in [-0.15, -0.1) is 0 Å². The van der Waals surface area contributed by atoms with Crippen LogP contribution in [-0.2, 0) is 6.61 Å². The summed E-state index contributed by atoms with van der Waals surface area (Å²) in [5, 5.41) is 8.98.